The van der Waals surface area contributed by atoms with Gasteiger partial charge in [0.25, 0.3) is 0 Å². The molecule has 0 N–H and O–H groups in total. The molecule has 0 unspecified atom stereocenters. The van der Waals surface area contributed by atoms with Gasteiger partial charge in [-0.2, -0.15) is 0 Å². The van der Waals surface area contributed by atoms with Crippen LogP contribution in [-0.4, -0.2) is 29.6 Å². The van der Waals surface area contributed by atoms with Crippen LogP contribution in [0.2, 0.25) is 0 Å². The van der Waals surface area contributed by atoms with Crippen LogP contribution in [0.15, 0.2) is 0 Å². The van der Waals surface area contributed by atoms with Crippen molar-refractivity contribution in [2.75, 3.05) is 0 Å². The van der Waals surface area contributed by atoms with Gasteiger partial charge in [-0.3, -0.25) is 0 Å². The number of rotatable bonds is 2. The number of hydrogen-bond acceptors (Lipinski definition) is 4. The first kappa shape index (κ1) is 7.42. The number of hydrogen-bond donors (Lipinski definition) is 2. The third kappa shape index (κ3) is 6.42. The van der Waals surface area contributed by atoms with Crippen molar-refractivity contribution in [3.05, 3.63) is 0 Å². The molecule has 0 rings (SSSR count). The Bertz CT molecular complexity index is 138. The fourth-order valence-corrected chi connectivity index (χ4v) is 2.55. The third-order valence-electron chi connectivity index (χ3n) is 0.133. The summed E-state index contributed by atoms with van der Waals surface area (Å²) in [5.41, 5.74) is 0. The van der Waals surface area contributed by atoms with Crippen LogP contribution in [0.3, 0.4) is 0 Å². The van der Waals surface area contributed by atoms with E-state index in [1.165, 1.54) is 0 Å². The summed E-state index contributed by atoms with van der Waals surface area (Å²) in [4.78, 5) is 0. The second-order valence-electron chi connectivity index (χ2n) is 0.529. The Morgan fingerprint density at radius 3 is 1.14 bits per heavy atom. The molecule has 0 heterocycles. The van der Waals surface area contributed by atoms with Crippen LogP contribution in [-0.2, 0) is 18.2 Å². The monoisotopic (exact) mass is 210 g/mol. The standard InChI is InChI=1S/H2O4S2Se/c1-5(2)7-6(3)4/h5-6H. The Kier molecular flexibility index (Phi) is 3.63. The summed E-state index contributed by atoms with van der Waals surface area (Å²) >= 11 is -1.22. The molecule has 4 nitrogen and oxygen atoms in total. The summed E-state index contributed by atoms with van der Waals surface area (Å²) in [6, 6.07) is 0. The van der Waals surface area contributed by atoms with Crippen molar-refractivity contribution >= 4 is 31.0 Å². The maximum absolute atomic E-state index is 9.49. The van der Waals surface area contributed by atoms with E-state index in [9.17, 15) is 16.8 Å². The molecule has 0 aliphatic rings. The summed E-state index contributed by atoms with van der Waals surface area (Å²) in [7, 11) is -5.35. The minimum atomic E-state index is -2.67. The average Bonchev–Trinajstić information content (AvgIpc) is 1.27. The van der Waals surface area contributed by atoms with E-state index in [0.29, 0.717) is 0 Å². The van der Waals surface area contributed by atoms with Gasteiger partial charge in [0.05, 0.1) is 0 Å². The van der Waals surface area contributed by atoms with Gasteiger partial charge < -0.3 is 0 Å². The normalized spacial score (nSPS) is 10.6. The fraction of sp³-hybridized carbons (Fsp3) is 0. The van der Waals surface area contributed by atoms with Crippen molar-refractivity contribution in [2.24, 2.45) is 0 Å². The van der Waals surface area contributed by atoms with Crippen LogP contribution in [0.4, 0.5) is 0 Å². The Morgan fingerprint density at radius 2 is 1.14 bits per heavy atom. The molecule has 7 heteroatoms. The SMILES string of the molecule is O=[SH](=O)[Se][SH](=O)=O. The quantitative estimate of drug-likeness (QED) is 0.398. The van der Waals surface area contributed by atoms with Gasteiger partial charge in [0.15, 0.2) is 0 Å². The third-order valence-corrected chi connectivity index (χ3v) is 6.24. The molecule has 0 radical (unpaired) electrons. The molecule has 0 saturated heterocycles. The summed E-state index contributed by atoms with van der Waals surface area (Å²) in [5, 5.41) is 0. The van der Waals surface area contributed by atoms with E-state index in [4.69, 9.17) is 0 Å². The van der Waals surface area contributed by atoms with Crippen molar-refractivity contribution in [2.45, 2.75) is 0 Å². The Morgan fingerprint density at radius 1 is 0.857 bits per heavy atom. The molecule has 0 aliphatic carbocycles. The van der Waals surface area contributed by atoms with E-state index < -0.39 is 31.0 Å². The molecule has 0 atom stereocenters. The average molecular weight is 209 g/mol. The van der Waals surface area contributed by atoms with Crippen LogP contribution in [0.1, 0.15) is 0 Å². The van der Waals surface area contributed by atoms with Gasteiger partial charge >= 0.3 is 47.8 Å². The molecule has 44 valence electrons. The van der Waals surface area contributed by atoms with Crippen LogP contribution in [0.25, 0.3) is 0 Å². The summed E-state index contributed by atoms with van der Waals surface area (Å²) in [6.07, 6.45) is 0. The van der Waals surface area contributed by atoms with Crippen molar-refractivity contribution in [1.29, 1.82) is 0 Å². The zero-order valence-electron chi connectivity index (χ0n) is 2.94. The van der Waals surface area contributed by atoms with E-state index in [2.05, 4.69) is 0 Å². The van der Waals surface area contributed by atoms with E-state index in [-0.39, 0.29) is 0 Å². The topological polar surface area (TPSA) is 68.3 Å². The van der Waals surface area contributed by atoms with Crippen LogP contribution >= 0.6 is 0 Å². The zero-order valence-corrected chi connectivity index (χ0v) is 6.44. The Labute approximate surface area is 48.1 Å². The summed E-state index contributed by atoms with van der Waals surface area (Å²) in [5.74, 6) is 0. The predicted octanol–water partition coefficient (Wildman–Crippen LogP) is -2.26. The molecule has 0 amide bonds. The van der Waals surface area contributed by atoms with Crippen LogP contribution < -0.4 is 0 Å². The van der Waals surface area contributed by atoms with Crippen molar-refractivity contribution in [3.8, 4) is 0 Å². The molecule has 0 aliphatic heterocycles. The first-order valence-corrected chi connectivity index (χ1v) is 7.88. The fourth-order valence-electron chi connectivity index (χ4n) is 0.0544. The maximum atomic E-state index is 9.49. The van der Waals surface area contributed by atoms with Gasteiger partial charge in [-0.15, -0.1) is 0 Å². The van der Waals surface area contributed by atoms with Gasteiger partial charge in [-0.05, 0) is 0 Å². The summed E-state index contributed by atoms with van der Waals surface area (Å²) < 4.78 is 38.0. The van der Waals surface area contributed by atoms with Gasteiger partial charge in [-0.25, -0.2) is 0 Å². The van der Waals surface area contributed by atoms with Gasteiger partial charge in [-0.1, -0.05) is 0 Å². The van der Waals surface area contributed by atoms with Gasteiger partial charge in [0.1, 0.15) is 0 Å². The first-order valence-electron chi connectivity index (χ1n) is 1.10. The van der Waals surface area contributed by atoms with Gasteiger partial charge in [0, 0.05) is 0 Å². The van der Waals surface area contributed by atoms with Crippen LogP contribution in [0, 0.1) is 0 Å². The molecule has 0 saturated carbocycles. The van der Waals surface area contributed by atoms with Crippen LogP contribution in [0.5, 0.6) is 0 Å². The molecule has 0 aromatic carbocycles. The van der Waals surface area contributed by atoms with E-state index in [1.54, 1.807) is 0 Å². The van der Waals surface area contributed by atoms with E-state index in [1.807, 2.05) is 0 Å². The second kappa shape index (κ2) is 3.43. The zero-order chi connectivity index (χ0) is 5.86. The summed E-state index contributed by atoms with van der Waals surface area (Å²) in [6.45, 7) is 0. The van der Waals surface area contributed by atoms with E-state index >= 15 is 0 Å². The Balaban J connectivity index is 3.77. The van der Waals surface area contributed by atoms with Crippen molar-refractivity contribution in [3.63, 3.8) is 0 Å². The number of thiol groups is 2. The second-order valence-corrected chi connectivity index (χ2v) is 8.91. The molecule has 0 spiro atoms. The van der Waals surface area contributed by atoms with E-state index in [0.717, 1.165) is 0 Å². The van der Waals surface area contributed by atoms with Gasteiger partial charge in [0.2, 0.25) is 0 Å². The minimum absolute atomic E-state index is 1.22. The molecule has 0 bridgehead atoms. The predicted molar refractivity (Wildman–Crippen MR) is 26.4 cm³/mol. The first-order chi connectivity index (χ1) is 3.13. The van der Waals surface area contributed by atoms with Crippen molar-refractivity contribution in [1.82, 2.24) is 0 Å². The van der Waals surface area contributed by atoms with Crippen molar-refractivity contribution < 1.29 is 16.8 Å². The molecular formula is H2O4S2Se. The Hall–Kier alpha value is 0.419. The molecule has 0 aromatic rings. The molecule has 7 heavy (non-hydrogen) atoms. The molecule has 0 aromatic heterocycles. The molecular weight excluding hydrogens is 207 g/mol. The molecule has 0 fully saturated rings.